The highest BCUT2D eigenvalue weighted by Crippen LogP contribution is 2.19. The van der Waals surface area contributed by atoms with Crippen molar-refractivity contribution in [1.82, 2.24) is 0 Å². The third kappa shape index (κ3) is 2.32. The molecule has 0 fully saturated rings. The molecule has 0 aliphatic rings. The van der Waals surface area contributed by atoms with E-state index in [0.717, 1.165) is 9.75 Å². The fraction of sp³-hybridized carbons (Fsp3) is 0.143. The van der Waals surface area contributed by atoms with Crippen molar-refractivity contribution in [1.29, 1.82) is 0 Å². The summed E-state index contributed by atoms with van der Waals surface area (Å²) in [6.45, 7) is 1.93. The van der Waals surface area contributed by atoms with E-state index < -0.39 is 4.92 Å². The minimum atomic E-state index is -0.614. The predicted octanol–water partition coefficient (Wildman–Crippen LogP) is 2.87. The molecule has 1 aromatic heterocycles. The van der Waals surface area contributed by atoms with Gasteiger partial charge in [0.2, 0.25) is 0 Å². The first-order valence-corrected chi connectivity index (χ1v) is 4.37. The standard InChI is InChI=1S/C7H6ClNO2S/c1-5-2-3-6(12-5)4-7(8)9(10)11/h2-4H,1H3. The number of aryl methyl sites for hydroxylation is 1. The van der Waals surface area contributed by atoms with Gasteiger partial charge < -0.3 is 0 Å². The zero-order chi connectivity index (χ0) is 9.14. The molecule has 0 amide bonds. The molecule has 0 unspecified atom stereocenters. The molecule has 3 nitrogen and oxygen atoms in total. The zero-order valence-electron chi connectivity index (χ0n) is 6.28. The Morgan fingerprint density at radius 1 is 1.75 bits per heavy atom. The highest BCUT2D eigenvalue weighted by Gasteiger charge is 2.05. The molecule has 12 heavy (non-hydrogen) atoms. The van der Waals surface area contributed by atoms with Crippen molar-refractivity contribution in [2.45, 2.75) is 6.92 Å². The highest BCUT2D eigenvalue weighted by molar-refractivity contribution is 7.12. The summed E-state index contributed by atoms with van der Waals surface area (Å²) in [7, 11) is 0. The topological polar surface area (TPSA) is 43.1 Å². The summed E-state index contributed by atoms with van der Waals surface area (Å²) in [6, 6.07) is 3.69. The van der Waals surface area contributed by atoms with Crippen LogP contribution in [0.1, 0.15) is 9.75 Å². The molecule has 0 saturated heterocycles. The van der Waals surface area contributed by atoms with Crippen LogP contribution < -0.4 is 0 Å². The number of halogens is 1. The maximum atomic E-state index is 10.1. The van der Waals surface area contributed by atoms with Crippen LogP contribution in [-0.4, -0.2) is 4.92 Å². The quantitative estimate of drug-likeness (QED) is 0.422. The van der Waals surface area contributed by atoms with Gasteiger partial charge in [-0.1, -0.05) is 0 Å². The highest BCUT2D eigenvalue weighted by atomic mass is 35.5. The fourth-order valence-corrected chi connectivity index (χ4v) is 1.70. The first-order valence-electron chi connectivity index (χ1n) is 3.17. The summed E-state index contributed by atoms with van der Waals surface area (Å²) >= 11 is 6.80. The number of hydrogen-bond donors (Lipinski definition) is 0. The van der Waals surface area contributed by atoms with Crippen molar-refractivity contribution in [2.75, 3.05) is 0 Å². The predicted molar refractivity (Wildman–Crippen MR) is 49.9 cm³/mol. The molecule has 0 spiro atoms. The number of nitro groups is 1. The Morgan fingerprint density at radius 3 is 2.83 bits per heavy atom. The molecule has 1 heterocycles. The van der Waals surface area contributed by atoms with E-state index in [-0.39, 0.29) is 5.16 Å². The maximum Gasteiger partial charge on any atom is 0.338 e. The second-order valence-electron chi connectivity index (χ2n) is 2.17. The lowest BCUT2D eigenvalue weighted by molar-refractivity contribution is -0.410. The summed E-state index contributed by atoms with van der Waals surface area (Å²) in [6.07, 6.45) is 1.35. The lowest BCUT2D eigenvalue weighted by Crippen LogP contribution is -1.89. The molecule has 64 valence electrons. The monoisotopic (exact) mass is 203 g/mol. The second-order valence-corrected chi connectivity index (χ2v) is 3.88. The van der Waals surface area contributed by atoms with Gasteiger partial charge >= 0.3 is 5.16 Å². The summed E-state index contributed by atoms with van der Waals surface area (Å²) in [4.78, 5) is 11.4. The van der Waals surface area contributed by atoms with Gasteiger partial charge in [-0.15, -0.1) is 11.3 Å². The van der Waals surface area contributed by atoms with E-state index in [9.17, 15) is 10.1 Å². The minimum absolute atomic E-state index is 0.350. The zero-order valence-corrected chi connectivity index (χ0v) is 7.85. The average molecular weight is 204 g/mol. The molecule has 1 rings (SSSR count). The molecule has 5 heteroatoms. The van der Waals surface area contributed by atoms with Crippen LogP contribution in [0.15, 0.2) is 17.3 Å². The van der Waals surface area contributed by atoms with Crippen LogP contribution >= 0.6 is 22.9 Å². The van der Waals surface area contributed by atoms with Crippen LogP contribution in [0.3, 0.4) is 0 Å². The van der Waals surface area contributed by atoms with Gasteiger partial charge in [0.25, 0.3) is 0 Å². The van der Waals surface area contributed by atoms with Crippen molar-refractivity contribution >= 4 is 29.0 Å². The van der Waals surface area contributed by atoms with E-state index >= 15 is 0 Å². The molecular weight excluding hydrogens is 198 g/mol. The molecule has 0 radical (unpaired) electrons. The van der Waals surface area contributed by atoms with Gasteiger partial charge in [-0.3, -0.25) is 10.1 Å². The van der Waals surface area contributed by atoms with Crippen molar-refractivity contribution in [3.8, 4) is 0 Å². The van der Waals surface area contributed by atoms with Crippen LogP contribution in [0.25, 0.3) is 6.08 Å². The van der Waals surface area contributed by atoms with E-state index in [4.69, 9.17) is 11.6 Å². The molecule has 0 aliphatic carbocycles. The van der Waals surface area contributed by atoms with E-state index in [1.807, 2.05) is 13.0 Å². The number of rotatable bonds is 2. The Balaban J connectivity index is 2.87. The first-order chi connectivity index (χ1) is 5.59. The molecule has 0 bridgehead atoms. The van der Waals surface area contributed by atoms with Crippen molar-refractivity contribution < 1.29 is 4.92 Å². The second kappa shape index (κ2) is 3.69. The average Bonchev–Trinajstić information content (AvgIpc) is 2.35. The van der Waals surface area contributed by atoms with Crippen molar-refractivity contribution in [3.63, 3.8) is 0 Å². The lowest BCUT2D eigenvalue weighted by Gasteiger charge is -1.84. The number of nitrogens with zero attached hydrogens (tertiary/aromatic N) is 1. The Kier molecular flexibility index (Phi) is 2.83. The molecule has 0 aromatic carbocycles. The Hall–Kier alpha value is -0.870. The molecule has 0 aliphatic heterocycles. The molecule has 0 saturated carbocycles. The number of thiophene rings is 1. The summed E-state index contributed by atoms with van der Waals surface area (Å²) < 4.78 is 0. The van der Waals surface area contributed by atoms with Crippen LogP contribution in [0.5, 0.6) is 0 Å². The largest absolute Gasteiger partial charge is 0.338 e. The normalized spacial score (nSPS) is 11.7. The summed E-state index contributed by atoms with van der Waals surface area (Å²) in [5.74, 6) is 0. The van der Waals surface area contributed by atoms with Gasteiger partial charge in [0.1, 0.15) is 0 Å². The fourth-order valence-electron chi connectivity index (χ4n) is 0.701. The molecule has 1 aromatic rings. The van der Waals surface area contributed by atoms with Gasteiger partial charge in [-0.25, -0.2) is 0 Å². The SMILES string of the molecule is Cc1ccc(C=C(Cl)[N+](=O)[O-])s1. The molecule has 0 atom stereocenters. The minimum Gasteiger partial charge on any atom is -0.257 e. The van der Waals surface area contributed by atoms with Gasteiger partial charge in [0.15, 0.2) is 0 Å². The van der Waals surface area contributed by atoms with E-state index in [1.54, 1.807) is 6.07 Å². The third-order valence-electron chi connectivity index (χ3n) is 1.20. The van der Waals surface area contributed by atoms with Crippen molar-refractivity contribution in [2.24, 2.45) is 0 Å². The van der Waals surface area contributed by atoms with Gasteiger partial charge in [-0.05, 0) is 30.7 Å². The third-order valence-corrected chi connectivity index (χ3v) is 2.39. The molecule has 0 N–H and O–H groups in total. The first kappa shape index (κ1) is 9.22. The molecular formula is C7H6ClNO2S. The summed E-state index contributed by atoms with van der Waals surface area (Å²) in [5, 5.41) is 9.77. The van der Waals surface area contributed by atoms with Crippen molar-refractivity contribution in [3.05, 3.63) is 37.2 Å². The maximum absolute atomic E-state index is 10.1. The van der Waals surface area contributed by atoms with Gasteiger partial charge in [0.05, 0.1) is 4.92 Å². The Morgan fingerprint density at radius 2 is 2.42 bits per heavy atom. The van der Waals surface area contributed by atoms with E-state index in [2.05, 4.69) is 0 Å². The van der Waals surface area contributed by atoms with Crippen LogP contribution in [-0.2, 0) is 0 Å². The van der Waals surface area contributed by atoms with Crippen LogP contribution in [0.2, 0.25) is 0 Å². The smallest absolute Gasteiger partial charge is 0.257 e. The van der Waals surface area contributed by atoms with Gasteiger partial charge in [0, 0.05) is 15.8 Å². The van der Waals surface area contributed by atoms with Crippen LogP contribution in [0.4, 0.5) is 0 Å². The van der Waals surface area contributed by atoms with Gasteiger partial charge in [-0.2, -0.15) is 0 Å². The Labute approximate surface area is 78.4 Å². The summed E-state index contributed by atoms with van der Waals surface area (Å²) in [5.41, 5.74) is 0. The number of hydrogen-bond acceptors (Lipinski definition) is 3. The lowest BCUT2D eigenvalue weighted by atomic mass is 10.4. The Bertz CT molecular complexity index is 332. The van der Waals surface area contributed by atoms with Crippen LogP contribution in [0, 0.1) is 17.0 Å². The van der Waals surface area contributed by atoms with E-state index in [1.165, 1.54) is 17.4 Å². The van der Waals surface area contributed by atoms with E-state index in [0.29, 0.717) is 0 Å².